The average Bonchev–Trinajstić information content (AvgIpc) is 3.08. The normalized spacial score (nSPS) is 29.7. The predicted octanol–water partition coefficient (Wildman–Crippen LogP) is 3.60. The van der Waals surface area contributed by atoms with Crippen LogP contribution in [0.2, 0.25) is 0 Å². The van der Waals surface area contributed by atoms with Gasteiger partial charge in [0.15, 0.2) is 18.5 Å². The second kappa shape index (κ2) is 8.35. The van der Waals surface area contributed by atoms with Gasteiger partial charge < -0.3 is 23.7 Å². The lowest BCUT2D eigenvalue weighted by molar-refractivity contribution is -0.281. The zero-order valence-electron chi connectivity index (χ0n) is 15.0. The molecule has 5 nitrogen and oxygen atoms in total. The van der Waals surface area contributed by atoms with Gasteiger partial charge in [0.2, 0.25) is 0 Å². The topological polar surface area (TPSA) is 46.2 Å². The summed E-state index contributed by atoms with van der Waals surface area (Å²) in [5.74, 6) is 0. The van der Waals surface area contributed by atoms with Gasteiger partial charge in [0.25, 0.3) is 0 Å². The molecule has 0 N–H and O–H groups in total. The Balaban J connectivity index is 1.42. The van der Waals surface area contributed by atoms with Gasteiger partial charge in [0, 0.05) is 12.2 Å². The number of thiocarbonyl (C=S) groups is 1. The van der Waals surface area contributed by atoms with Gasteiger partial charge in [-0.1, -0.05) is 60.7 Å². The highest BCUT2D eigenvalue weighted by molar-refractivity contribution is 7.79. The van der Waals surface area contributed by atoms with Crippen molar-refractivity contribution in [3.05, 3.63) is 71.8 Å². The average molecular weight is 386 g/mol. The van der Waals surface area contributed by atoms with Gasteiger partial charge in [-0.05, 0) is 18.1 Å². The van der Waals surface area contributed by atoms with Crippen LogP contribution in [0.1, 0.15) is 18.1 Å². The number of fused-ring (bicyclic) bond motifs is 1. The maximum Gasteiger partial charge on any atom is 0.353 e. The summed E-state index contributed by atoms with van der Waals surface area (Å²) in [6.07, 6.45) is -1.89. The summed E-state index contributed by atoms with van der Waals surface area (Å²) < 4.78 is 29.6. The van der Waals surface area contributed by atoms with Crippen molar-refractivity contribution in [3.8, 4) is 0 Å². The highest BCUT2D eigenvalue weighted by Gasteiger charge is 2.53. The fourth-order valence-corrected chi connectivity index (χ4v) is 3.59. The molecule has 0 unspecified atom stereocenters. The molecule has 0 bridgehead atoms. The molecule has 0 radical (unpaired) electrons. The van der Waals surface area contributed by atoms with Crippen LogP contribution in [-0.2, 0) is 36.9 Å². The summed E-state index contributed by atoms with van der Waals surface area (Å²) in [7, 11) is 0. The van der Waals surface area contributed by atoms with E-state index in [9.17, 15) is 0 Å². The highest BCUT2D eigenvalue weighted by atomic mass is 32.1. The largest absolute Gasteiger partial charge is 0.446 e. The van der Waals surface area contributed by atoms with E-state index in [2.05, 4.69) is 0 Å². The van der Waals surface area contributed by atoms with Gasteiger partial charge >= 0.3 is 5.24 Å². The minimum absolute atomic E-state index is 0.115. The van der Waals surface area contributed by atoms with Gasteiger partial charge in [-0.2, -0.15) is 0 Å². The minimum atomic E-state index is -0.567. The lowest BCUT2D eigenvalue weighted by atomic mass is 9.99. The predicted molar refractivity (Wildman–Crippen MR) is 103 cm³/mol. The molecule has 0 aromatic heterocycles. The van der Waals surface area contributed by atoms with Crippen molar-refractivity contribution in [3.63, 3.8) is 0 Å². The molecule has 2 aromatic carbocycles. The van der Waals surface area contributed by atoms with Crippen LogP contribution >= 0.6 is 12.2 Å². The fourth-order valence-electron chi connectivity index (χ4n) is 3.37. The molecule has 0 spiro atoms. The summed E-state index contributed by atoms with van der Waals surface area (Å²) in [5.41, 5.74) is 2.15. The Kier molecular flexibility index (Phi) is 5.69. The fraction of sp³-hybridized carbons (Fsp3) is 0.381. The lowest BCUT2D eigenvalue weighted by Crippen LogP contribution is -2.56. The van der Waals surface area contributed by atoms with E-state index in [-0.39, 0.29) is 23.5 Å². The molecular formula is C21H22O5S. The monoisotopic (exact) mass is 386 g/mol. The number of hydrogen-bond acceptors (Lipinski definition) is 6. The molecular weight excluding hydrogens is 364 g/mol. The van der Waals surface area contributed by atoms with Crippen molar-refractivity contribution in [1.29, 1.82) is 0 Å². The Morgan fingerprint density at radius 2 is 1.37 bits per heavy atom. The van der Waals surface area contributed by atoms with Crippen molar-refractivity contribution < 1.29 is 23.7 Å². The van der Waals surface area contributed by atoms with Gasteiger partial charge in [0.05, 0.1) is 19.3 Å². The summed E-state index contributed by atoms with van der Waals surface area (Å²) in [4.78, 5) is 0. The third-order valence-corrected chi connectivity index (χ3v) is 4.93. The van der Waals surface area contributed by atoms with Crippen molar-refractivity contribution in [2.75, 3.05) is 0 Å². The van der Waals surface area contributed by atoms with Crippen LogP contribution in [0.15, 0.2) is 60.7 Å². The van der Waals surface area contributed by atoms with Crippen LogP contribution in [-0.4, -0.2) is 35.9 Å². The first-order chi connectivity index (χ1) is 13.2. The van der Waals surface area contributed by atoms with Gasteiger partial charge in [0.1, 0.15) is 6.10 Å². The van der Waals surface area contributed by atoms with E-state index < -0.39 is 12.4 Å². The number of ether oxygens (including phenoxy) is 5. The van der Waals surface area contributed by atoms with E-state index in [4.69, 9.17) is 35.9 Å². The van der Waals surface area contributed by atoms with E-state index >= 15 is 0 Å². The summed E-state index contributed by atoms with van der Waals surface area (Å²) >= 11 is 5.12. The smallest absolute Gasteiger partial charge is 0.353 e. The molecule has 6 heteroatoms. The standard InChI is InChI=1S/C21H22O5S/c1-14-17(22-12-15-8-4-2-5-9-15)18-19(26-21(27)25-18)20(24-14)23-13-16-10-6-3-7-11-16/h2-11,14,17-20H,12-13H2,1H3/t14-,17-,18+,19+,20-/m0/s1. The molecule has 27 heavy (non-hydrogen) atoms. The Labute approximate surface area is 164 Å². The third-order valence-electron chi connectivity index (χ3n) is 4.73. The maximum atomic E-state index is 6.11. The second-order valence-corrected chi connectivity index (χ2v) is 7.02. The summed E-state index contributed by atoms with van der Waals surface area (Å²) in [5, 5.41) is 0.115. The van der Waals surface area contributed by atoms with Gasteiger partial charge in [-0.15, -0.1) is 0 Å². The SMILES string of the molecule is C[C@@H]1O[C@H](OCc2ccccc2)[C@@H]2OC(=S)O[C@@H]2[C@H]1OCc1ccccc1. The van der Waals surface area contributed by atoms with Crippen molar-refractivity contribution in [2.45, 2.75) is 50.8 Å². The quantitative estimate of drug-likeness (QED) is 0.707. The zero-order chi connectivity index (χ0) is 18.6. The minimum Gasteiger partial charge on any atom is -0.446 e. The van der Waals surface area contributed by atoms with Crippen molar-refractivity contribution >= 4 is 17.5 Å². The lowest BCUT2D eigenvalue weighted by Gasteiger charge is -2.39. The van der Waals surface area contributed by atoms with E-state index in [0.29, 0.717) is 13.2 Å². The van der Waals surface area contributed by atoms with Crippen molar-refractivity contribution in [1.82, 2.24) is 0 Å². The molecule has 2 aromatic rings. The third kappa shape index (κ3) is 4.30. The van der Waals surface area contributed by atoms with Crippen LogP contribution in [0.5, 0.6) is 0 Å². The molecule has 0 amide bonds. The molecule has 2 aliphatic rings. The van der Waals surface area contributed by atoms with Crippen LogP contribution in [0.25, 0.3) is 0 Å². The Morgan fingerprint density at radius 3 is 2.00 bits per heavy atom. The Morgan fingerprint density at radius 1 is 0.815 bits per heavy atom. The van der Waals surface area contributed by atoms with E-state index in [1.165, 1.54) is 0 Å². The Hall–Kier alpha value is -1.99. The Bertz CT molecular complexity index is 754. The second-order valence-electron chi connectivity index (χ2n) is 6.68. The van der Waals surface area contributed by atoms with Gasteiger partial charge in [-0.3, -0.25) is 0 Å². The molecule has 2 saturated heterocycles. The first-order valence-electron chi connectivity index (χ1n) is 9.04. The number of rotatable bonds is 6. The first kappa shape index (κ1) is 18.4. The molecule has 2 aliphatic heterocycles. The molecule has 2 heterocycles. The summed E-state index contributed by atoms with van der Waals surface area (Å²) in [6, 6.07) is 19.9. The molecule has 2 fully saturated rings. The van der Waals surface area contributed by atoms with Crippen LogP contribution in [0, 0.1) is 0 Å². The van der Waals surface area contributed by atoms with E-state index in [1.54, 1.807) is 0 Å². The van der Waals surface area contributed by atoms with E-state index in [1.807, 2.05) is 67.6 Å². The molecule has 0 saturated carbocycles. The number of benzene rings is 2. The van der Waals surface area contributed by atoms with Crippen LogP contribution < -0.4 is 0 Å². The summed E-state index contributed by atoms with van der Waals surface area (Å²) in [6.45, 7) is 2.84. The maximum absolute atomic E-state index is 6.11. The molecule has 142 valence electrons. The van der Waals surface area contributed by atoms with Gasteiger partial charge in [-0.25, -0.2) is 0 Å². The molecule has 4 rings (SSSR count). The number of hydrogen-bond donors (Lipinski definition) is 0. The van der Waals surface area contributed by atoms with Crippen LogP contribution in [0.4, 0.5) is 0 Å². The van der Waals surface area contributed by atoms with Crippen LogP contribution in [0.3, 0.4) is 0 Å². The molecule has 0 aliphatic carbocycles. The first-order valence-corrected chi connectivity index (χ1v) is 9.45. The highest BCUT2D eigenvalue weighted by Crippen LogP contribution is 2.33. The zero-order valence-corrected chi connectivity index (χ0v) is 15.8. The van der Waals surface area contributed by atoms with Crippen molar-refractivity contribution in [2.24, 2.45) is 0 Å². The van der Waals surface area contributed by atoms with E-state index in [0.717, 1.165) is 11.1 Å². The molecule has 5 atom stereocenters.